The fourth-order valence-electron chi connectivity index (χ4n) is 4.00. The normalized spacial score (nSPS) is 24.2. The van der Waals surface area contributed by atoms with E-state index in [1.807, 2.05) is 0 Å². The van der Waals surface area contributed by atoms with Crippen LogP contribution in [0.25, 0.3) is 0 Å². The van der Waals surface area contributed by atoms with Gasteiger partial charge < -0.3 is 9.47 Å². The molecule has 0 amide bonds. The number of hydrogen-bond donors (Lipinski definition) is 0. The van der Waals surface area contributed by atoms with Gasteiger partial charge in [0.05, 0.1) is 5.92 Å². The number of benzene rings is 1. The number of halogens is 1. The molecule has 2 aliphatic rings. The van der Waals surface area contributed by atoms with Gasteiger partial charge in [-0.15, -0.1) is 6.58 Å². The summed E-state index contributed by atoms with van der Waals surface area (Å²) >= 11 is 0. The van der Waals surface area contributed by atoms with Crippen LogP contribution in [0.5, 0.6) is 5.75 Å². The lowest BCUT2D eigenvalue weighted by molar-refractivity contribution is -0.151. The average Bonchev–Trinajstić information content (AvgIpc) is 2.68. The molecule has 1 heterocycles. The molecule has 0 spiro atoms. The first-order valence-electron chi connectivity index (χ1n) is 10.3. The summed E-state index contributed by atoms with van der Waals surface area (Å²) in [6.45, 7) is 5.88. The van der Waals surface area contributed by atoms with Gasteiger partial charge in [0.25, 0.3) is 0 Å². The molecular weight excluding hydrogens is 359 g/mol. The van der Waals surface area contributed by atoms with Crippen LogP contribution in [0, 0.1) is 17.7 Å². The van der Waals surface area contributed by atoms with E-state index in [1.165, 1.54) is 0 Å². The van der Waals surface area contributed by atoms with Crippen molar-refractivity contribution in [1.29, 1.82) is 0 Å². The van der Waals surface area contributed by atoms with Gasteiger partial charge in [-0.1, -0.05) is 25.1 Å². The molecule has 1 aromatic rings. The first kappa shape index (κ1) is 20.6. The van der Waals surface area contributed by atoms with Crippen LogP contribution in [-0.2, 0) is 27.2 Å². The van der Waals surface area contributed by atoms with E-state index in [4.69, 9.17) is 9.47 Å². The van der Waals surface area contributed by atoms with Gasteiger partial charge in [0.2, 0.25) is 0 Å². The Kier molecular flexibility index (Phi) is 6.87. The highest BCUT2D eigenvalue weighted by atomic mass is 19.1. The number of ether oxygens (including phenoxy) is 2. The molecule has 152 valence electrons. The number of esters is 2. The number of carbonyl (C=O) groups is 2. The minimum Gasteiger partial charge on any atom is -0.462 e. The Morgan fingerprint density at radius 2 is 2.07 bits per heavy atom. The average molecular weight is 388 g/mol. The Morgan fingerprint density at radius 3 is 2.79 bits per heavy atom. The molecule has 1 atom stereocenters. The number of allylic oxidation sites excluding steroid dienone is 1. The summed E-state index contributed by atoms with van der Waals surface area (Å²) in [6, 6.07) is 3.49. The number of rotatable bonds is 7. The molecule has 0 radical (unpaired) electrons. The van der Waals surface area contributed by atoms with E-state index < -0.39 is 11.8 Å². The van der Waals surface area contributed by atoms with Crippen LogP contribution in [0.15, 0.2) is 24.8 Å². The first-order chi connectivity index (χ1) is 13.5. The fourth-order valence-corrected chi connectivity index (χ4v) is 4.00. The quantitative estimate of drug-likeness (QED) is 0.378. The molecule has 1 aromatic carbocycles. The van der Waals surface area contributed by atoms with Gasteiger partial charge in [-0.3, -0.25) is 9.59 Å². The number of aryl methyl sites for hydroxylation is 1. The van der Waals surface area contributed by atoms with Crippen molar-refractivity contribution in [2.45, 2.75) is 70.8 Å². The molecule has 1 saturated carbocycles. The predicted molar refractivity (Wildman–Crippen MR) is 104 cm³/mol. The predicted octanol–water partition coefficient (Wildman–Crippen LogP) is 4.92. The van der Waals surface area contributed by atoms with Crippen molar-refractivity contribution in [3.63, 3.8) is 0 Å². The van der Waals surface area contributed by atoms with Crippen molar-refractivity contribution in [1.82, 2.24) is 0 Å². The van der Waals surface area contributed by atoms with Gasteiger partial charge >= 0.3 is 11.9 Å². The van der Waals surface area contributed by atoms with Crippen LogP contribution in [0.4, 0.5) is 4.39 Å². The van der Waals surface area contributed by atoms with E-state index in [0.29, 0.717) is 29.9 Å². The van der Waals surface area contributed by atoms with E-state index in [-0.39, 0.29) is 36.6 Å². The second-order valence-corrected chi connectivity index (χ2v) is 8.09. The van der Waals surface area contributed by atoms with Crippen LogP contribution >= 0.6 is 0 Å². The van der Waals surface area contributed by atoms with E-state index in [9.17, 15) is 14.0 Å². The number of carbonyl (C=O) groups excluding carboxylic acids is 2. The van der Waals surface area contributed by atoms with Crippen molar-refractivity contribution in [2.24, 2.45) is 11.8 Å². The lowest BCUT2D eigenvalue weighted by atomic mass is 9.89. The van der Waals surface area contributed by atoms with Crippen molar-refractivity contribution < 1.29 is 23.5 Å². The maximum absolute atomic E-state index is 14.8. The van der Waals surface area contributed by atoms with Crippen molar-refractivity contribution in [2.75, 3.05) is 0 Å². The summed E-state index contributed by atoms with van der Waals surface area (Å²) in [5.41, 5.74) is 1.08. The van der Waals surface area contributed by atoms with E-state index >= 15 is 0 Å². The van der Waals surface area contributed by atoms with Gasteiger partial charge in [0.1, 0.15) is 6.10 Å². The summed E-state index contributed by atoms with van der Waals surface area (Å²) in [5, 5.41) is 0. The Morgan fingerprint density at radius 1 is 1.32 bits per heavy atom. The first-order valence-corrected chi connectivity index (χ1v) is 10.3. The van der Waals surface area contributed by atoms with E-state index in [0.717, 1.165) is 32.1 Å². The Hall–Kier alpha value is -2.17. The highest BCUT2D eigenvalue weighted by Gasteiger charge is 2.31. The second-order valence-electron chi connectivity index (χ2n) is 8.09. The fraction of sp³-hybridized carbons (Fsp3) is 0.565. The minimum absolute atomic E-state index is 0.00877. The van der Waals surface area contributed by atoms with Crippen LogP contribution in [0.2, 0.25) is 0 Å². The van der Waals surface area contributed by atoms with Gasteiger partial charge in [-0.25, -0.2) is 4.39 Å². The monoisotopic (exact) mass is 388 g/mol. The van der Waals surface area contributed by atoms with Crippen molar-refractivity contribution >= 4 is 11.9 Å². The summed E-state index contributed by atoms with van der Waals surface area (Å²) in [6.07, 6.45) is 7.93. The van der Waals surface area contributed by atoms with Crippen LogP contribution in [-0.4, -0.2) is 18.0 Å². The van der Waals surface area contributed by atoms with Gasteiger partial charge in [0, 0.05) is 6.42 Å². The van der Waals surface area contributed by atoms with Crippen molar-refractivity contribution in [3.8, 4) is 5.75 Å². The molecule has 1 aliphatic heterocycles. The molecule has 1 fully saturated rings. The maximum Gasteiger partial charge on any atom is 0.314 e. The van der Waals surface area contributed by atoms with E-state index in [1.54, 1.807) is 18.2 Å². The number of hydrogen-bond acceptors (Lipinski definition) is 4. The molecular formula is C23H29FO4. The molecule has 5 heteroatoms. The summed E-state index contributed by atoms with van der Waals surface area (Å²) in [7, 11) is 0. The zero-order valence-electron chi connectivity index (χ0n) is 16.5. The molecule has 1 aliphatic carbocycles. The van der Waals surface area contributed by atoms with Gasteiger partial charge in [-0.2, -0.15) is 0 Å². The number of fused-ring (bicyclic) bond motifs is 1. The SMILES string of the molecule is C=CCCC1Cc2ccc(CCC(=O)OC3CCC(C)CC3)c(F)c2OC1=O. The molecule has 0 saturated heterocycles. The smallest absolute Gasteiger partial charge is 0.314 e. The Balaban J connectivity index is 1.57. The highest BCUT2D eigenvalue weighted by molar-refractivity contribution is 5.78. The van der Waals surface area contributed by atoms with Crippen LogP contribution in [0.1, 0.15) is 63.0 Å². The summed E-state index contributed by atoms with van der Waals surface area (Å²) in [5.74, 6) is -0.767. The largest absolute Gasteiger partial charge is 0.462 e. The lowest BCUT2D eigenvalue weighted by Gasteiger charge is -2.26. The molecule has 28 heavy (non-hydrogen) atoms. The summed E-state index contributed by atoms with van der Waals surface area (Å²) < 4.78 is 25.6. The minimum atomic E-state index is -0.535. The standard InChI is InChI=1S/C23H29FO4/c1-3-4-5-18-14-17-9-8-16(21(24)22(17)28-23(18)26)10-13-20(25)27-19-11-6-15(2)7-12-19/h3,8-9,15,18-19H,1,4-7,10-14H2,2H3. The maximum atomic E-state index is 14.8. The van der Waals surface area contributed by atoms with E-state index in [2.05, 4.69) is 13.5 Å². The topological polar surface area (TPSA) is 52.6 Å². The van der Waals surface area contributed by atoms with Gasteiger partial charge in [0.15, 0.2) is 11.6 Å². The zero-order chi connectivity index (χ0) is 20.1. The third kappa shape index (κ3) is 5.00. The Labute approximate surface area is 166 Å². The van der Waals surface area contributed by atoms with Crippen LogP contribution < -0.4 is 4.74 Å². The highest BCUT2D eigenvalue weighted by Crippen LogP contribution is 2.34. The molecule has 0 N–H and O–H groups in total. The molecule has 0 bridgehead atoms. The van der Waals surface area contributed by atoms with Crippen molar-refractivity contribution in [3.05, 3.63) is 41.7 Å². The molecule has 3 rings (SSSR count). The zero-order valence-corrected chi connectivity index (χ0v) is 16.5. The second kappa shape index (κ2) is 9.35. The lowest BCUT2D eigenvalue weighted by Crippen LogP contribution is -2.28. The third-order valence-corrected chi connectivity index (χ3v) is 5.84. The third-order valence-electron chi connectivity index (χ3n) is 5.84. The Bertz CT molecular complexity index is 734. The van der Waals surface area contributed by atoms with Gasteiger partial charge in [-0.05, 0) is 68.4 Å². The molecule has 1 unspecified atom stereocenters. The summed E-state index contributed by atoms with van der Waals surface area (Å²) in [4.78, 5) is 24.3. The van der Waals surface area contributed by atoms with Crippen LogP contribution in [0.3, 0.4) is 0 Å². The molecule has 0 aromatic heterocycles. The molecule has 4 nitrogen and oxygen atoms in total.